The first kappa shape index (κ1) is 13.1. The van der Waals surface area contributed by atoms with E-state index in [1.807, 2.05) is 6.92 Å². The number of carboxylic acid groups (broad SMARTS) is 1. The number of hydrogen-bond donors (Lipinski definition) is 2. The summed E-state index contributed by atoms with van der Waals surface area (Å²) < 4.78 is 4.65. The lowest BCUT2D eigenvalue weighted by Crippen LogP contribution is -2.45. The number of nitrogens with zero attached hydrogens (tertiary/aromatic N) is 2. The number of carboxylic acids is 1. The van der Waals surface area contributed by atoms with Gasteiger partial charge < -0.3 is 14.9 Å². The molecular formula is C10H15N3O4. The van der Waals surface area contributed by atoms with Crippen LogP contribution in [0.4, 0.5) is 0 Å². The van der Waals surface area contributed by atoms with E-state index in [2.05, 4.69) is 20.0 Å². The van der Waals surface area contributed by atoms with Crippen LogP contribution in [-0.4, -0.2) is 33.2 Å². The summed E-state index contributed by atoms with van der Waals surface area (Å²) in [5.41, 5.74) is 0. The summed E-state index contributed by atoms with van der Waals surface area (Å²) in [6, 6.07) is -0.952. The Morgan fingerprint density at radius 3 is 2.59 bits per heavy atom. The maximum Gasteiger partial charge on any atom is 0.326 e. The highest BCUT2D eigenvalue weighted by Gasteiger charge is 2.27. The molecule has 0 aliphatic heterocycles. The second kappa shape index (κ2) is 5.42. The molecule has 7 heteroatoms. The van der Waals surface area contributed by atoms with Gasteiger partial charge in [0.15, 0.2) is 0 Å². The maximum absolute atomic E-state index is 11.6. The molecule has 2 atom stereocenters. The Kier molecular flexibility index (Phi) is 4.19. The van der Waals surface area contributed by atoms with Gasteiger partial charge in [-0.15, -0.1) is 0 Å². The second-order valence-corrected chi connectivity index (χ2v) is 3.81. The summed E-state index contributed by atoms with van der Waals surface area (Å²) in [5, 5.41) is 14.8. The molecule has 1 rings (SSSR count). The molecule has 2 N–H and O–H groups in total. The van der Waals surface area contributed by atoms with Crippen LogP contribution < -0.4 is 5.32 Å². The predicted octanol–water partition coefficient (Wildman–Crippen LogP) is 0.607. The minimum absolute atomic E-state index is 0.156. The van der Waals surface area contributed by atoms with Gasteiger partial charge >= 0.3 is 5.97 Å². The molecule has 0 aliphatic carbocycles. The van der Waals surface area contributed by atoms with Crippen molar-refractivity contribution in [3.8, 4) is 0 Å². The molecule has 0 radical (unpaired) electrons. The molecule has 1 aromatic heterocycles. The van der Waals surface area contributed by atoms with Gasteiger partial charge in [0.25, 0.3) is 11.7 Å². The van der Waals surface area contributed by atoms with Gasteiger partial charge in [-0.05, 0) is 5.92 Å². The number of amides is 1. The number of carbonyl (C=O) groups is 2. The van der Waals surface area contributed by atoms with Gasteiger partial charge in [0.2, 0.25) is 5.89 Å². The highest BCUT2D eigenvalue weighted by atomic mass is 16.5. The molecule has 0 spiro atoms. The molecular weight excluding hydrogens is 226 g/mol. The zero-order chi connectivity index (χ0) is 13.0. The number of aryl methyl sites for hydroxylation is 1. The zero-order valence-corrected chi connectivity index (χ0v) is 9.93. The Balaban J connectivity index is 2.74. The van der Waals surface area contributed by atoms with Crippen LogP contribution in [0.5, 0.6) is 0 Å². The molecule has 0 saturated heterocycles. The van der Waals surface area contributed by atoms with Crippen LogP contribution in [0, 0.1) is 12.8 Å². The van der Waals surface area contributed by atoms with E-state index in [0.29, 0.717) is 6.42 Å². The van der Waals surface area contributed by atoms with Gasteiger partial charge in [0.1, 0.15) is 6.04 Å². The Hall–Kier alpha value is -1.92. The minimum atomic E-state index is -1.08. The van der Waals surface area contributed by atoms with Crippen molar-refractivity contribution >= 4 is 11.9 Å². The SMILES string of the molecule is CCC(C)C(NC(=O)c1noc(C)n1)C(=O)O. The Morgan fingerprint density at radius 2 is 2.18 bits per heavy atom. The number of carbonyl (C=O) groups excluding carboxylic acids is 1. The average molecular weight is 241 g/mol. The lowest BCUT2D eigenvalue weighted by atomic mass is 9.99. The van der Waals surface area contributed by atoms with Crippen molar-refractivity contribution in [3.63, 3.8) is 0 Å². The van der Waals surface area contributed by atoms with Crippen molar-refractivity contribution in [1.82, 2.24) is 15.5 Å². The topological polar surface area (TPSA) is 105 Å². The first-order valence-corrected chi connectivity index (χ1v) is 5.29. The largest absolute Gasteiger partial charge is 0.480 e. The van der Waals surface area contributed by atoms with Crippen molar-refractivity contribution < 1.29 is 19.2 Å². The van der Waals surface area contributed by atoms with Crippen LogP contribution in [0.25, 0.3) is 0 Å². The highest BCUT2D eigenvalue weighted by Crippen LogP contribution is 2.08. The van der Waals surface area contributed by atoms with E-state index < -0.39 is 17.9 Å². The molecule has 0 fully saturated rings. The Morgan fingerprint density at radius 1 is 1.53 bits per heavy atom. The number of hydrogen-bond acceptors (Lipinski definition) is 5. The van der Waals surface area contributed by atoms with Crippen LogP contribution in [0.1, 0.15) is 36.8 Å². The summed E-state index contributed by atoms with van der Waals surface area (Å²) in [6.45, 7) is 5.15. The summed E-state index contributed by atoms with van der Waals surface area (Å²) in [4.78, 5) is 26.4. The summed E-state index contributed by atoms with van der Waals surface area (Å²) in [5.74, 6) is -1.80. The van der Waals surface area contributed by atoms with E-state index in [1.165, 1.54) is 0 Å². The van der Waals surface area contributed by atoms with E-state index >= 15 is 0 Å². The van der Waals surface area contributed by atoms with Gasteiger partial charge in [0.05, 0.1) is 0 Å². The monoisotopic (exact) mass is 241 g/mol. The van der Waals surface area contributed by atoms with Crippen molar-refractivity contribution in [3.05, 3.63) is 11.7 Å². The molecule has 94 valence electrons. The third-order valence-corrected chi connectivity index (χ3v) is 2.50. The van der Waals surface area contributed by atoms with E-state index in [9.17, 15) is 9.59 Å². The number of aliphatic carboxylic acids is 1. The van der Waals surface area contributed by atoms with E-state index in [4.69, 9.17) is 5.11 Å². The summed E-state index contributed by atoms with van der Waals surface area (Å²) in [6.07, 6.45) is 0.641. The van der Waals surface area contributed by atoms with Gasteiger partial charge in [-0.25, -0.2) is 4.79 Å². The molecule has 0 saturated carbocycles. The molecule has 2 unspecified atom stereocenters. The van der Waals surface area contributed by atoms with Crippen molar-refractivity contribution in [2.45, 2.75) is 33.2 Å². The number of nitrogens with one attached hydrogen (secondary N) is 1. The zero-order valence-electron chi connectivity index (χ0n) is 9.93. The van der Waals surface area contributed by atoms with Gasteiger partial charge in [-0.3, -0.25) is 4.79 Å². The normalized spacial score (nSPS) is 14.1. The number of rotatable bonds is 5. The van der Waals surface area contributed by atoms with Crippen LogP contribution in [-0.2, 0) is 4.79 Å². The average Bonchev–Trinajstić information content (AvgIpc) is 2.71. The first-order chi connectivity index (χ1) is 7.95. The lowest BCUT2D eigenvalue weighted by molar-refractivity contribution is -0.140. The van der Waals surface area contributed by atoms with Crippen molar-refractivity contribution in [1.29, 1.82) is 0 Å². The van der Waals surface area contributed by atoms with Gasteiger partial charge in [0, 0.05) is 6.92 Å². The summed E-state index contributed by atoms with van der Waals surface area (Å²) in [7, 11) is 0. The van der Waals surface area contributed by atoms with Crippen molar-refractivity contribution in [2.24, 2.45) is 5.92 Å². The number of aromatic nitrogens is 2. The minimum Gasteiger partial charge on any atom is -0.480 e. The standard InChI is InChI=1S/C10H15N3O4/c1-4-5(2)7(10(15)16)12-9(14)8-11-6(3)17-13-8/h5,7H,4H2,1-3H3,(H,12,14)(H,15,16). The smallest absolute Gasteiger partial charge is 0.326 e. The predicted molar refractivity (Wildman–Crippen MR) is 57.4 cm³/mol. The van der Waals surface area contributed by atoms with Gasteiger partial charge in [-0.2, -0.15) is 4.98 Å². The quantitative estimate of drug-likeness (QED) is 0.782. The molecule has 1 heterocycles. The third-order valence-electron chi connectivity index (χ3n) is 2.50. The molecule has 0 aliphatic rings. The maximum atomic E-state index is 11.6. The van der Waals surface area contributed by atoms with Crippen LogP contribution in [0.2, 0.25) is 0 Å². The van der Waals surface area contributed by atoms with Gasteiger partial charge in [-0.1, -0.05) is 25.4 Å². The third kappa shape index (κ3) is 3.27. The first-order valence-electron chi connectivity index (χ1n) is 5.29. The lowest BCUT2D eigenvalue weighted by Gasteiger charge is -2.18. The second-order valence-electron chi connectivity index (χ2n) is 3.81. The molecule has 7 nitrogen and oxygen atoms in total. The van der Waals surface area contributed by atoms with Crippen molar-refractivity contribution in [2.75, 3.05) is 0 Å². The molecule has 1 aromatic rings. The summed E-state index contributed by atoms with van der Waals surface area (Å²) >= 11 is 0. The fourth-order valence-corrected chi connectivity index (χ4v) is 1.28. The fraction of sp³-hybridized carbons (Fsp3) is 0.600. The highest BCUT2D eigenvalue weighted by molar-refractivity contribution is 5.93. The Labute approximate surface area is 98.2 Å². The molecule has 17 heavy (non-hydrogen) atoms. The van der Waals surface area contributed by atoms with Crippen LogP contribution in [0.15, 0.2) is 4.52 Å². The Bertz CT molecular complexity index is 415. The van der Waals surface area contributed by atoms with E-state index in [0.717, 1.165) is 0 Å². The van der Waals surface area contributed by atoms with E-state index in [1.54, 1.807) is 13.8 Å². The molecule has 1 amide bonds. The molecule has 0 bridgehead atoms. The van der Waals surface area contributed by atoms with Crippen LogP contribution in [0.3, 0.4) is 0 Å². The fourth-order valence-electron chi connectivity index (χ4n) is 1.28. The van der Waals surface area contributed by atoms with E-state index in [-0.39, 0.29) is 17.6 Å². The molecule has 0 aromatic carbocycles. The van der Waals surface area contributed by atoms with Crippen LogP contribution >= 0.6 is 0 Å².